The molecule has 2 aromatic rings. The molecule has 1 amide bonds. The van der Waals surface area contributed by atoms with Crippen molar-refractivity contribution in [3.63, 3.8) is 0 Å². The monoisotopic (exact) mass is 269 g/mol. The number of aryl methyl sites for hydroxylation is 1. The zero-order valence-corrected chi connectivity index (χ0v) is 10.9. The lowest BCUT2D eigenvalue weighted by Gasteiger charge is -2.06. The number of benzene rings is 2. The fourth-order valence-corrected chi connectivity index (χ4v) is 1.80. The Bertz CT molecular complexity index is 591. The second-order valence-corrected chi connectivity index (χ2v) is 4.41. The van der Waals surface area contributed by atoms with Crippen LogP contribution in [0.25, 0.3) is 0 Å². The van der Waals surface area contributed by atoms with Crippen molar-refractivity contribution >= 4 is 17.6 Å². The number of aliphatic carboxylic acids is 1. The second kappa shape index (κ2) is 6.52. The molecule has 0 bridgehead atoms. The molecular formula is C16H15NO3. The lowest BCUT2D eigenvalue weighted by Crippen LogP contribution is -2.11. The van der Waals surface area contributed by atoms with Crippen molar-refractivity contribution in [1.29, 1.82) is 0 Å². The highest BCUT2D eigenvalue weighted by molar-refractivity contribution is 6.04. The molecule has 0 saturated heterocycles. The minimum atomic E-state index is -0.823. The fraction of sp³-hybridized carbons (Fsp3) is 0.125. The normalized spacial score (nSPS) is 10.0. The summed E-state index contributed by atoms with van der Waals surface area (Å²) in [5.74, 6) is -1.00. The Morgan fingerprint density at radius 3 is 2.20 bits per heavy atom. The minimum absolute atomic E-state index is 0.0928. The molecule has 2 N–H and O–H groups in total. The zero-order chi connectivity index (χ0) is 14.4. The van der Waals surface area contributed by atoms with Crippen molar-refractivity contribution in [3.8, 4) is 0 Å². The van der Waals surface area contributed by atoms with E-state index >= 15 is 0 Å². The number of carboxylic acids is 1. The molecule has 2 aromatic carbocycles. The van der Waals surface area contributed by atoms with E-state index in [2.05, 4.69) is 5.32 Å². The van der Waals surface area contributed by atoms with Crippen LogP contribution in [0.1, 0.15) is 22.3 Å². The Kier molecular flexibility index (Phi) is 4.50. The van der Waals surface area contributed by atoms with Gasteiger partial charge in [0.25, 0.3) is 5.91 Å². The topological polar surface area (TPSA) is 66.4 Å². The summed E-state index contributed by atoms with van der Waals surface area (Å²) in [6, 6.07) is 16.2. The maximum absolute atomic E-state index is 12.0. The van der Waals surface area contributed by atoms with Crippen LogP contribution in [-0.4, -0.2) is 17.0 Å². The highest BCUT2D eigenvalue weighted by atomic mass is 16.4. The third-order valence-electron chi connectivity index (χ3n) is 2.88. The molecule has 4 heteroatoms. The van der Waals surface area contributed by atoms with Crippen molar-refractivity contribution in [1.82, 2.24) is 0 Å². The molecule has 0 aliphatic carbocycles. The van der Waals surface area contributed by atoms with Crippen molar-refractivity contribution in [2.75, 3.05) is 5.32 Å². The quantitative estimate of drug-likeness (QED) is 0.877. The number of para-hydroxylation sites is 1. The third kappa shape index (κ3) is 3.95. The highest BCUT2D eigenvalue weighted by Crippen LogP contribution is 2.11. The minimum Gasteiger partial charge on any atom is -0.481 e. The van der Waals surface area contributed by atoms with Crippen LogP contribution in [0.3, 0.4) is 0 Å². The lowest BCUT2D eigenvalue weighted by atomic mass is 10.1. The van der Waals surface area contributed by atoms with E-state index in [0.717, 1.165) is 11.3 Å². The number of rotatable bonds is 5. The molecule has 0 saturated carbocycles. The van der Waals surface area contributed by atoms with Gasteiger partial charge in [0.1, 0.15) is 0 Å². The van der Waals surface area contributed by atoms with Crippen LogP contribution >= 0.6 is 0 Å². The largest absolute Gasteiger partial charge is 0.481 e. The summed E-state index contributed by atoms with van der Waals surface area (Å²) in [6.45, 7) is 0. The maximum atomic E-state index is 12.0. The van der Waals surface area contributed by atoms with Crippen LogP contribution in [0.5, 0.6) is 0 Å². The predicted molar refractivity (Wildman–Crippen MR) is 76.8 cm³/mol. The van der Waals surface area contributed by atoms with E-state index in [1.54, 1.807) is 24.3 Å². The van der Waals surface area contributed by atoms with E-state index in [1.807, 2.05) is 30.3 Å². The van der Waals surface area contributed by atoms with Crippen molar-refractivity contribution in [3.05, 3.63) is 65.7 Å². The third-order valence-corrected chi connectivity index (χ3v) is 2.88. The van der Waals surface area contributed by atoms with E-state index in [9.17, 15) is 9.59 Å². The van der Waals surface area contributed by atoms with Gasteiger partial charge in [0.2, 0.25) is 0 Å². The second-order valence-electron chi connectivity index (χ2n) is 4.41. The molecule has 0 radical (unpaired) electrons. The van der Waals surface area contributed by atoms with Crippen LogP contribution < -0.4 is 5.32 Å². The number of carbonyl (C=O) groups is 2. The molecule has 2 rings (SSSR count). The van der Waals surface area contributed by atoms with E-state index in [-0.39, 0.29) is 12.3 Å². The van der Waals surface area contributed by atoms with E-state index < -0.39 is 5.97 Å². The van der Waals surface area contributed by atoms with Crippen LogP contribution in [0.4, 0.5) is 5.69 Å². The van der Waals surface area contributed by atoms with Gasteiger partial charge < -0.3 is 10.4 Å². The summed E-state index contributed by atoms with van der Waals surface area (Å²) < 4.78 is 0. The first kappa shape index (κ1) is 13.8. The molecule has 0 aliphatic rings. The van der Waals surface area contributed by atoms with Crippen LogP contribution in [0, 0.1) is 0 Å². The van der Waals surface area contributed by atoms with Crippen molar-refractivity contribution in [2.45, 2.75) is 12.8 Å². The van der Waals surface area contributed by atoms with Crippen LogP contribution in [-0.2, 0) is 11.2 Å². The Balaban J connectivity index is 1.99. The molecule has 20 heavy (non-hydrogen) atoms. The summed E-state index contributed by atoms with van der Waals surface area (Å²) in [5, 5.41) is 11.4. The number of carbonyl (C=O) groups excluding carboxylic acids is 1. The van der Waals surface area contributed by atoms with Gasteiger partial charge in [0.15, 0.2) is 0 Å². The first-order valence-electron chi connectivity index (χ1n) is 6.32. The summed E-state index contributed by atoms with van der Waals surface area (Å²) in [7, 11) is 0. The van der Waals surface area contributed by atoms with Gasteiger partial charge in [-0.2, -0.15) is 0 Å². The van der Waals surface area contributed by atoms with E-state index in [1.165, 1.54) is 0 Å². The number of anilines is 1. The van der Waals surface area contributed by atoms with Gasteiger partial charge in [-0.15, -0.1) is 0 Å². The van der Waals surface area contributed by atoms with E-state index in [4.69, 9.17) is 5.11 Å². The van der Waals surface area contributed by atoms with Gasteiger partial charge >= 0.3 is 5.97 Å². The molecule has 4 nitrogen and oxygen atoms in total. The van der Waals surface area contributed by atoms with Gasteiger partial charge in [-0.05, 0) is 36.2 Å². The van der Waals surface area contributed by atoms with Crippen LogP contribution in [0.15, 0.2) is 54.6 Å². The molecule has 0 aromatic heterocycles. The predicted octanol–water partition coefficient (Wildman–Crippen LogP) is 2.96. The smallest absolute Gasteiger partial charge is 0.303 e. The number of carboxylic acid groups (broad SMARTS) is 1. The maximum Gasteiger partial charge on any atom is 0.303 e. The molecule has 0 fully saturated rings. The van der Waals surface area contributed by atoms with Gasteiger partial charge in [0.05, 0.1) is 0 Å². The summed E-state index contributed by atoms with van der Waals surface area (Å²) in [6.07, 6.45) is 0.561. The number of nitrogens with one attached hydrogen (secondary N) is 1. The van der Waals surface area contributed by atoms with Crippen molar-refractivity contribution < 1.29 is 14.7 Å². The SMILES string of the molecule is O=C(O)CCc1ccc(C(=O)Nc2ccccc2)cc1. The fourth-order valence-electron chi connectivity index (χ4n) is 1.80. The summed E-state index contributed by atoms with van der Waals surface area (Å²) in [4.78, 5) is 22.5. The molecule has 0 aliphatic heterocycles. The van der Waals surface area contributed by atoms with Crippen LogP contribution in [0.2, 0.25) is 0 Å². The van der Waals surface area contributed by atoms with Gasteiger partial charge in [-0.3, -0.25) is 9.59 Å². The Morgan fingerprint density at radius 1 is 0.950 bits per heavy atom. The lowest BCUT2D eigenvalue weighted by molar-refractivity contribution is -0.136. The molecule has 102 valence electrons. The average Bonchev–Trinajstić information content (AvgIpc) is 2.46. The number of hydrogen-bond donors (Lipinski definition) is 2. The molecule has 0 unspecified atom stereocenters. The van der Waals surface area contributed by atoms with E-state index in [0.29, 0.717) is 12.0 Å². The Morgan fingerprint density at radius 2 is 1.60 bits per heavy atom. The first-order valence-corrected chi connectivity index (χ1v) is 6.32. The van der Waals surface area contributed by atoms with Crippen molar-refractivity contribution in [2.24, 2.45) is 0 Å². The average molecular weight is 269 g/mol. The molecule has 0 heterocycles. The van der Waals surface area contributed by atoms with Gasteiger partial charge in [-0.25, -0.2) is 0 Å². The number of amides is 1. The molecule has 0 atom stereocenters. The van der Waals surface area contributed by atoms with Gasteiger partial charge in [-0.1, -0.05) is 30.3 Å². The number of hydrogen-bond acceptors (Lipinski definition) is 2. The molecular weight excluding hydrogens is 254 g/mol. The molecule has 0 spiro atoms. The standard InChI is InChI=1S/C16H15NO3/c18-15(19)11-8-12-6-9-13(10-7-12)16(20)17-14-4-2-1-3-5-14/h1-7,9-10H,8,11H2,(H,17,20)(H,18,19). The Hall–Kier alpha value is -2.62. The summed E-state index contributed by atoms with van der Waals surface area (Å²) >= 11 is 0. The zero-order valence-electron chi connectivity index (χ0n) is 10.9. The highest BCUT2D eigenvalue weighted by Gasteiger charge is 2.06. The van der Waals surface area contributed by atoms with Gasteiger partial charge in [0, 0.05) is 17.7 Å². The first-order chi connectivity index (χ1) is 9.65. The summed E-state index contributed by atoms with van der Waals surface area (Å²) in [5.41, 5.74) is 2.20. The Labute approximate surface area is 117 Å².